The van der Waals surface area contributed by atoms with E-state index < -0.39 is 6.04 Å². The summed E-state index contributed by atoms with van der Waals surface area (Å²) in [7, 11) is 0. The lowest BCUT2D eigenvalue weighted by Gasteiger charge is -2.07. The minimum absolute atomic E-state index is 0.0764. The van der Waals surface area contributed by atoms with Crippen molar-refractivity contribution in [1.82, 2.24) is 10.6 Å². The molecule has 0 aromatic heterocycles. The van der Waals surface area contributed by atoms with Crippen LogP contribution in [0.15, 0.2) is 0 Å². The van der Waals surface area contributed by atoms with Crippen LogP contribution in [-0.2, 0) is 9.59 Å². The van der Waals surface area contributed by atoms with Crippen molar-refractivity contribution in [3.05, 3.63) is 0 Å². The fourth-order valence-electron chi connectivity index (χ4n) is 1.15. The Morgan fingerprint density at radius 3 is 2.67 bits per heavy atom. The summed E-state index contributed by atoms with van der Waals surface area (Å²) in [4.78, 5) is 22.3. The van der Waals surface area contributed by atoms with Gasteiger partial charge in [0.05, 0.1) is 6.04 Å². The number of carbonyl (C=O) groups is 2. The van der Waals surface area contributed by atoms with Gasteiger partial charge in [-0.3, -0.25) is 9.59 Å². The molecule has 86 valence electrons. The Bertz CT molecular complexity index is 237. The Kier molecular flexibility index (Phi) is 4.55. The van der Waals surface area contributed by atoms with Crippen LogP contribution in [0.5, 0.6) is 0 Å². The SMILES string of the molecule is C[C@H](N)C(=O)NCCCC(=O)NC1CC1. The molecule has 1 atom stereocenters. The fraction of sp³-hybridized carbons (Fsp3) is 0.800. The number of nitrogens with one attached hydrogen (secondary N) is 2. The van der Waals surface area contributed by atoms with Crippen LogP contribution in [0, 0.1) is 0 Å². The zero-order chi connectivity index (χ0) is 11.3. The van der Waals surface area contributed by atoms with Crippen LogP contribution in [-0.4, -0.2) is 30.4 Å². The molecule has 5 nitrogen and oxygen atoms in total. The molecule has 15 heavy (non-hydrogen) atoms. The largest absolute Gasteiger partial charge is 0.355 e. The summed E-state index contributed by atoms with van der Waals surface area (Å²) in [6.45, 7) is 2.15. The molecule has 0 aromatic carbocycles. The molecule has 1 saturated carbocycles. The highest BCUT2D eigenvalue weighted by molar-refractivity contribution is 5.81. The third-order valence-electron chi connectivity index (χ3n) is 2.24. The number of carbonyl (C=O) groups excluding carboxylic acids is 2. The van der Waals surface area contributed by atoms with Crippen LogP contribution >= 0.6 is 0 Å². The molecule has 1 rings (SSSR count). The molecule has 2 amide bonds. The van der Waals surface area contributed by atoms with Crippen LogP contribution in [0.3, 0.4) is 0 Å². The summed E-state index contributed by atoms with van der Waals surface area (Å²) < 4.78 is 0. The lowest BCUT2D eigenvalue weighted by atomic mass is 10.2. The fourth-order valence-corrected chi connectivity index (χ4v) is 1.15. The van der Waals surface area contributed by atoms with Crippen LogP contribution in [0.4, 0.5) is 0 Å². The highest BCUT2D eigenvalue weighted by Crippen LogP contribution is 2.18. The molecule has 0 aliphatic heterocycles. The zero-order valence-electron chi connectivity index (χ0n) is 9.08. The maximum Gasteiger partial charge on any atom is 0.236 e. The number of amides is 2. The first-order chi connectivity index (χ1) is 7.09. The average molecular weight is 213 g/mol. The molecule has 4 N–H and O–H groups in total. The van der Waals surface area contributed by atoms with Gasteiger partial charge in [-0.15, -0.1) is 0 Å². The van der Waals surface area contributed by atoms with Gasteiger partial charge in [-0.05, 0) is 26.2 Å². The first-order valence-electron chi connectivity index (χ1n) is 5.42. The van der Waals surface area contributed by atoms with E-state index in [1.54, 1.807) is 6.92 Å². The van der Waals surface area contributed by atoms with E-state index in [0.717, 1.165) is 12.8 Å². The lowest BCUT2D eigenvalue weighted by molar-refractivity contribution is -0.123. The molecule has 1 fully saturated rings. The Labute approximate surface area is 89.8 Å². The van der Waals surface area contributed by atoms with Gasteiger partial charge in [-0.2, -0.15) is 0 Å². The van der Waals surface area contributed by atoms with Crippen molar-refractivity contribution in [2.45, 2.75) is 44.7 Å². The van der Waals surface area contributed by atoms with Gasteiger partial charge in [0, 0.05) is 19.0 Å². The summed E-state index contributed by atoms with van der Waals surface area (Å²) >= 11 is 0. The summed E-state index contributed by atoms with van der Waals surface area (Å²) in [5, 5.41) is 5.55. The van der Waals surface area contributed by atoms with Crippen molar-refractivity contribution in [3.63, 3.8) is 0 Å². The number of nitrogens with two attached hydrogens (primary N) is 1. The summed E-state index contributed by atoms with van der Waals surface area (Å²) in [6.07, 6.45) is 3.34. The Morgan fingerprint density at radius 2 is 2.13 bits per heavy atom. The summed E-state index contributed by atoms with van der Waals surface area (Å²) in [5.41, 5.74) is 5.36. The van der Waals surface area contributed by atoms with Crippen molar-refractivity contribution in [1.29, 1.82) is 0 Å². The summed E-state index contributed by atoms with van der Waals surface area (Å²) in [6, 6.07) is -0.0681. The molecule has 0 unspecified atom stereocenters. The molecule has 0 saturated heterocycles. The highest BCUT2D eigenvalue weighted by atomic mass is 16.2. The number of rotatable bonds is 6. The van der Waals surface area contributed by atoms with Gasteiger partial charge in [-0.1, -0.05) is 0 Å². The van der Waals surface area contributed by atoms with E-state index in [1.807, 2.05) is 0 Å². The second kappa shape index (κ2) is 5.70. The minimum atomic E-state index is -0.481. The second-order valence-electron chi connectivity index (χ2n) is 4.03. The van der Waals surface area contributed by atoms with Gasteiger partial charge in [0.1, 0.15) is 0 Å². The van der Waals surface area contributed by atoms with Gasteiger partial charge in [0.25, 0.3) is 0 Å². The number of hydrogen-bond acceptors (Lipinski definition) is 3. The zero-order valence-corrected chi connectivity index (χ0v) is 9.08. The Balaban J connectivity index is 1.95. The van der Waals surface area contributed by atoms with Crippen molar-refractivity contribution < 1.29 is 9.59 Å². The molecule has 0 radical (unpaired) electrons. The molecular weight excluding hydrogens is 194 g/mol. The topological polar surface area (TPSA) is 84.2 Å². The van der Waals surface area contributed by atoms with Gasteiger partial charge < -0.3 is 16.4 Å². The lowest BCUT2D eigenvalue weighted by Crippen LogP contribution is -2.39. The smallest absolute Gasteiger partial charge is 0.236 e. The second-order valence-corrected chi connectivity index (χ2v) is 4.03. The van der Waals surface area contributed by atoms with Crippen LogP contribution in [0.25, 0.3) is 0 Å². The minimum Gasteiger partial charge on any atom is -0.355 e. The maximum absolute atomic E-state index is 11.2. The molecule has 1 aliphatic carbocycles. The van der Waals surface area contributed by atoms with Gasteiger partial charge in [0.15, 0.2) is 0 Å². The van der Waals surface area contributed by atoms with Crippen molar-refractivity contribution in [2.24, 2.45) is 5.73 Å². The third-order valence-corrected chi connectivity index (χ3v) is 2.24. The van der Waals surface area contributed by atoms with E-state index in [9.17, 15) is 9.59 Å². The summed E-state index contributed by atoms with van der Waals surface area (Å²) in [5.74, 6) is -0.0925. The van der Waals surface area contributed by atoms with Gasteiger partial charge in [0.2, 0.25) is 11.8 Å². The molecule has 0 bridgehead atoms. The van der Waals surface area contributed by atoms with E-state index in [4.69, 9.17) is 5.73 Å². The predicted molar refractivity (Wildman–Crippen MR) is 57.1 cm³/mol. The molecule has 0 spiro atoms. The average Bonchev–Trinajstić information content (AvgIpc) is 2.95. The molecule has 5 heteroatoms. The quantitative estimate of drug-likeness (QED) is 0.520. The normalized spacial score (nSPS) is 16.9. The number of hydrogen-bond donors (Lipinski definition) is 3. The first-order valence-corrected chi connectivity index (χ1v) is 5.42. The van der Waals surface area contributed by atoms with Crippen molar-refractivity contribution in [3.8, 4) is 0 Å². The molecular formula is C10H19N3O2. The standard InChI is InChI=1S/C10H19N3O2/c1-7(11)10(15)12-6-2-3-9(14)13-8-4-5-8/h7-8H,2-6,11H2,1H3,(H,12,15)(H,13,14)/t7-/m0/s1. The predicted octanol–water partition coefficient (Wildman–Crippen LogP) is -0.491. The van der Waals surface area contributed by atoms with Crippen LogP contribution in [0.2, 0.25) is 0 Å². The van der Waals surface area contributed by atoms with E-state index in [-0.39, 0.29) is 11.8 Å². The van der Waals surface area contributed by atoms with Gasteiger partial charge in [-0.25, -0.2) is 0 Å². The van der Waals surface area contributed by atoms with Crippen LogP contribution in [0.1, 0.15) is 32.6 Å². The highest BCUT2D eigenvalue weighted by Gasteiger charge is 2.22. The van der Waals surface area contributed by atoms with Crippen LogP contribution < -0.4 is 16.4 Å². The first kappa shape index (κ1) is 12.0. The Morgan fingerprint density at radius 1 is 1.47 bits per heavy atom. The molecule has 0 heterocycles. The molecule has 1 aliphatic rings. The van der Waals surface area contributed by atoms with Crippen molar-refractivity contribution >= 4 is 11.8 Å². The van der Waals surface area contributed by atoms with Gasteiger partial charge >= 0.3 is 0 Å². The third kappa shape index (κ3) is 5.37. The van der Waals surface area contributed by atoms with E-state index in [1.165, 1.54) is 0 Å². The molecule has 0 aromatic rings. The van der Waals surface area contributed by atoms with E-state index >= 15 is 0 Å². The maximum atomic E-state index is 11.2. The van der Waals surface area contributed by atoms with Crippen molar-refractivity contribution in [2.75, 3.05) is 6.54 Å². The van der Waals surface area contributed by atoms with E-state index in [2.05, 4.69) is 10.6 Å². The Hall–Kier alpha value is -1.10. The monoisotopic (exact) mass is 213 g/mol. The van der Waals surface area contributed by atoms with E-state index in [0.29, 0.717) is 25.4 Å².